The molecule has 2 rings (SSSR count). The summed E-state index contributed by atoms with van der Waals surface area (Å²) in [4.78, 5) is 27.0. The zero-order valence-corrected chi connectivity index (χ0v) is 13.8. The Morgan fingerprint density at radius 2 is 2.14 bits per heavy atom. The third-order valence-corrected chi connectivity index (χ3v) is 4.78. The number of likely N-dealkylation sites (N-methyl/N-ethyl adjacent to an activating group) is 1. The molecule has 0 saturated carbocycles. The van der Waals surface area contributed by atoms with Crippen LogP contribution in [0.2, 0.25) is 0 Å². The Morgan fingerprint density at radius 1 is 1.43 bits per heavy atom. The molecule has 21 heavy (non-hydrogen) atoms. The highest BCUT2D eigenvalue weighted by Crippen LogP contribution is 2.39. The number of hydrogen-bond acceptors (Lipinski definition) is 5. The van der Waals surface area contributed by atoms with Crippen LogP contribution in [0.5, 0.6) is 0 Å². The van der Waals surface area contributed by atoms with Gasteiger partial charge >= 0.3 is 5.97 Å². The van der Waals surface area contributed by atoms with Gasteiger partial charge in [-0.1, -0.05) is 6.92 Å². The Kier molecular flexibility index (Phi) is 5.00. The number of amides is 1. The van der Waals surface area contributed by atoms with Crippen molar-refractivity contribution in [2.75, 3.05) is 33.1 Å². The topological polar surface area (TPSA) is 58.6 Å². The first-order valence-corrected chi connectivity index (χ1v) is 7.91. The average molecular weight is 310 g/mol. The van der Waals surface area contributed by atoms with E-state index >= 15 is 0 Å². The third kappa shape index (κ3) is 3.63. The van der Waals surface area contributed by atoms with Gasteiger partial charge in [-0.3, -0.25) is 4.79 Å². The van der Waals surface area contributed by atoms with Crippen molar-refractivity contribution in [2.24, 2.45) is 5.92 Å². The summed E-state index contributed by atoms with van der Waals surface area (Å²) in [6.45, 7) is 2.50. The van der Waals surface area contributed by atoms with Crippen molar-refractivity contribution in [2.45, 2.75) is 26.2 Å². The van der Waals surface area contributed by atoms with Crippen LogP contribution in [-0.4, -0.2) is 44.5 Å². The summed E-state index contributed by atoms with van der Waals surface area (Å²) in [6, 6.07) is 0. The van der Waals surface area contributed by atoms with Gasteiger partial charge in [0.05, 0.1) is 19.2 Å². The highest BCUT2D eigenvalue weighted by Gasteiger charge is 2.28. The number of nitrogens with one attached hydrogen (secondary N) is 1. The van der Waals surface area contributed by atoms with E-state index in [1.54, 1.807) is 4.90 Å². The van der Waals surface area contributed by atoms with Crippen molar-refractivity contribution in [3.63, 3.8) is 0 Å². The van der Waals surface area contributed by atoms with Crippen molar-refractivity contribution in [3.05, 3.63) is 16.0 Å². The molecule has 0 bridgehead atoms. The number of rotatable bonds is 4. The fourth-order valence-electron chi connectivity index (χ4n) is 2.61. The Balaban J connectivity index is 2.31. The minimum atomic E-state index is -0.359. The number of thiophene rings is 1. The zero-order chi connectivity index (χ0) is 15.6. The van der Waals surface area contributed by atoms with E-state index < -0.39 is 0 Å². The maximum Gasteiger partial charge on any atom is 0.341 e. The second-order valence-corrected chi connectivity index (χ2v) is 6.94. The molecule has 1 aromatic rings. The van der Waals surface area contributed by atoms with Crippen LogP contribution in [0.4, 0.5) is 5.00 Å². The molecule has 0 spiro atoms. The lowest BCUT2D eigenvalue weighted by atomic mass is 9.88. The maximum atomic E-state index is 12.1. The number of nitrogens with zero attached hydrogens (tertiary/aromatic N) is 1. The van der Waals surface area contributed by atoms with Gasteiger partial charge < -0.3 is 15.0 Å². The molecular weight excluding hydrogens is 288 g/mol. The molecule has 0 fully saturated rings. The first kappa shape index (κ1) is 16.0. The number of carbonyl (C=O) groups excluding carboxylic acids is 2. The van der Waals surface area contributed by atoms with Crippen molar-refractivity contribution in [3.8, 4) is 0 Å². The Labute approximate surface area is 129 Å². The summed E-state index contributed by atoms with van der Waals surface area (Å²) >= 11 is 1.51. The first-order valence-electron chi connectivity index (χ1n) is 7.09. The van der Waals surface area contributed by atoms with Gasteiger partial charge in [-0.05, 0) is 44.8 Å². The number of fused-ring (bicyclic) bond motifs is 1. The molecule has 6 heteroatoms. The molecular formula is C15H22N2O3S. The average Bonchev–Trinajstić information content (AvgIpc) is 2.73. The normalized spacial score (nSPS) is 17.5. The number of ether oxygens (including phenoxy) is 1. The van der Waals surface area contributed by atoms with E-state index in [2.05, 4.69) is 12.2 Å². The highest BCUT2D eigenvalue weighted by atomic mass is 32.1. The van der Waals surface area contributed by atoms with E-state index in [4.69, 9.17) is 4.74 Å². The SMILES string of the molecule is COC(=O)c1c(NC(=O)CN(C)C)sc2c1CC[C@H](C)C2. The molecule has 0 aromatic carbocycles. The van der Waals surface area contributed by atoms with E-state index in [9.17, 15) is 9.59 Å². The molecule has 1 amide bonds. The smallest absolute Gasteiger partial charge is 0.341 e. The first-order chi connectivity index (χ1) is 9.92. The second-order valence-electron chi connectivity index (χ2n) is 5.83. The predicted octanol–water partition coefficient (Wildman–Crippen LogP) is 2.16. The van der Waals surface area contributed by atoms with Crippen LogP contribution in [0.25, 0.3) is 0 Å². The molecule has 1 aliphatic rings. The van der Waals surface area contributed by atoms with Gasteiger partial charge in [-0.2, -0.15) is 0 Å². The van der Waals surface area contributed by atoms with Crippen LogP contribution < -0.4 is 5.32 Å². The molecule has 0 aliphatic heterocycles. The number of hydrogen-bond donors (Lipinski definition) is 1. The van der Waals surface area contributed by atoms with Crippen molar-refractivity contribution >= 4 is 28.2 Å². The molecule has 116 valence electrons. The molecule has 1 heterocycles. The largest absolute Gasteiger partial charge is 0.465 e. The van der Waals surface area contributed by atoms with Crippen LogP contribution >= 0.6 is 11.3 Å². The van der Waals surface area contributed by atoms with Crippen molar-refractivity contribution in [1.82, 2.24) is 4.90 Å². The van der Waals surface area contributed by atoms with E-state index in [0.29, 0.717) is 23.0 Å². The number of methoxy groups -OCH3 is 1. The Hall–Kier alpha value is -1.40. The molecule has 1 aliphatic carbocycles. The van der Waals surface area contributed by atoms with Gasteiger partial charge in [0, 0.05) is 4.88 Å². The fourth-order valence-corrected chi connectivity index (χ4v) is 4.03. The Morgan fingerprint density at radius 3 is 2.76 bits per heavy atom. The van der Waals surface area contributed by atoms with Gasteiger partial charge in [0.15, 0.2) is 0 Å². The van der Waals surface area contributed by atoms with E-state index in [-0.39, 0.29) is 11.9 Å². The summed E-state index contributed by atoms with van der Waals surface area (Å²) in [6.07, 6.45) is 2.91. The number of esters is 1. The van der Waals surface area contributed by atoms with Crippen LogP contribution in [0.15, 0.2) is 0 Å². The zero-order valence-electron chi connectivity index (χ0n) is 13.0. The van der Waals surface area contributed by atoms with Crippen LogP contribution in [-0.2, 0) is 22.4 Å². The van der Waals surface area contributed by atoms with Gasteiger partial charge in [0.1, 0.15) is 5.00 Å². The molecule has 0 saturated heterocycles. The molecule has 0 radical (unpaired) electrons. The molecule has 1 N–H and O–H groups in total. The molecule has 1 atom stereocenters. The second kappa shape index (κ2) is 6.58. The summed E-state index contributed by atoms with van der Waals surface area (Å²) in [5.74, 6) is 0.144. The lowest BCUT2D eigenvalue weighted by Crippen LogP contribution is -2.27. The van der Waals surface area contributed by atoms with Crippen molar-refractivity contribution in [1.29, 1.82) is 0 Å². The third-order valence-electron chi connectivity index (χ3n) is 3.61. The Bertz CT molecular complexity index is 551. The van der Waals surface area contributed by atoms with Gasteiger partial charge in [-0.25, -0.2) is 4.79 Å². The molecule has 5 nitrogen and oxygen atoms in total. The number of anilines is 1. The van der Waals surface area contributed by atoms with Gasteiger partial charge in [0.25, 0.3) is 0 Å². The summed E-state index contributed by atoms with van der Waals surface area (Å²) in [5.41, 5.74) is 1.61. The summed E-state index contributed by atoms with van der Waals surface area (Å²) in [5, 5.41) is 3.50. The maximum absolute atomic E-state index is 12.1. The standard InChI is InChI=1S/C15H22N2O3S/c1-9-5-6-10-11(7-9)21-14(13(10)15(19)20-4)16-12(18)8-17(2)3/h9H,5-8H2,1-4H3,(H,16,18)/t9-/m0/s1. The lowest BCUT2D eigenvalue weighted by molar-refractivity contribution is -0.116. The quantitative estimate of drug-likeness (QED) is 0.866. The predicted molar refractivity (Wildman–Crippen MR) is 84.0 cm³/mol. The summed E-state index contributed by atoms with van der Waals surface area (Å²) < 4.78 is 4.90. The number of carbonyl (C=O) groups is 2. The minimum Gasteiger partial charge on any atom is -0.465 e. The van der Waals surface area contributed by atoms with Gasteiger partial charge in [0.2, 0.25) is 5.91 Å². The monoisotopic (exact) mass is 310 g/mol. The van der Waals surface area contributed by atoms with Gasteiger partial charge in [-0.15, -0.1) is 11.3 Å². The van der Waals surface area contributed by atoms with Crippen molar-refractivity contribution < 1.29 is 14.3 Å². The summed E-state index contributed by atoms with van der Waals surface area (Å²) in [7, 11) is 5.05. The lowest BCUT2D eigenvalue weighted by Gasteiger charge is -2.18. The van der Waals surface area contributed by atoms with Crippen LogP contribution in [0.3, 0.4) is 0 Å². The van der Waals surface area contributed by atoms with Crippen LogP contribution in [0, 0.1) is 5.92 Å². The highest BCUT2D eigenvalue weighted by molar-refractivity contribution is 7.17. The van der Waals surface area contributed by atoms with E-state index in [1.807, 2.05) is 14.1 Å². The fraction of sp³-hybridized carbons (Fsp3) is 0.600. The minimum absolute atomic E-state index is 0.114. The van der Waals surface area contributed by atoms with E-state index in [1.165, 1.54) is 23.3 Å². The van der Waals surface area contributed by atoms with E-state index in [0.717, 1.165) is 24.8 Å². The van der Waals surface area contributed by atoms with Crippen LogP contribution in [0.1, 0.15) is 34.1 Å². The molecule has 0 unspecified atom stereocenters. The molecule has 1 aromatic heterocycles.